The molecule has 0 aliphatic rings. The summed E-state index contributed by atoms with van der Waals surface area (Å²) < 4.78 is 5.12. The number of carbonyl (C=O) groups is 2. The van der Waals surface area contributed by atoms with Gasteiger partial charge in [-0.15, -0.1) is 0 Å². The van der Waals surface area contributed by atoms with E-state index >= 15 is 0 Å². The average molecular weight is 385 g/mol. The van der Waals surface area contributed by atoms with E-state index in [1.807, 2.05) is 0 Å². The van der Waals surface area contributed by atoms with Crippen molar-refractivity contribution in [2.45, 2.75) is 0 Å². The zero-order valence-corrected chi connectivity index (χ0v) is 14.5. The molecule has 24 heavy (non-hydrogen) atoms. The predicted molar refractivity (Wildman–Crippen MR) is 96.0 cm³/mol. The Morgan fingerprint density at radius 3 is 2.38 bits per heavy atom. The minimum Gasteiger partial charge on any atom is -0.484 e. The monoisotopic (exact) mass is 383 g/mol. The van der Waals surface area contributed by atoms with Gasteiger partial charge in [-0.1, -0.05) is 34.8 Å². The highest BCUT2D eigenvalue weighted by molar-refractivity contribution is 6.44. The number of hydrogen-bond donors (Lipinski definition) is 1. The van der Waals surface area contributed by atoms with Crippen molar-refractivity contribution in [1.82, 2.24) is 0 Å². The molecule has 0 saturated carbocycles. The maximum Gasteiger partial charge on any atom is 0.255 e. The Morgan fingerprint density at radius 2 is 1.75 bits per heavy atom. The number of allylic oxidation sites excluding steroid dienone is 1. The zero-order valence-electron chi connectivity index (χ0n) is 12.3. The van der Waals surface area contributed by atoms with E-state index in [0.717, 1.165) is 0 Å². The molecule has 0 fully saturated rings. The second kappa shape index (κ2) is 8.20. The lowest BCUT2D eigenvalue weighted by molar-refractivity contribution is -0.119. The molecule has 2 N–H and O–H groups in total. The van der Waals surface area contributed by atoms with Crippen LogP contribution in [0.25, 0.3) is 6.08 Å². The third kappa shape index (κ3) is 4.99. The first-order valence-electron chi connectivity index (χ1n) is 6.75. The molecule has 2 aromatic rings. The number of benzene rings is 2. The summed E-state index contributed by atoms with van der Waals surface area (Å²) in [7, 11) is 0. The molecule has 0 aromatic heterocycles. The molecule has 0 spiro atoms. The number of ether oxygens (including phenoxy) is 1. The second-order valence-electron chi connectivity index (χ2n) is 4.77. The van der Waals surface area contributed by atoms with Gasteiger partial charge in [-0.2, -0.15) is 0 Å². The Bertz CT molecular complexity index is 801. The molecule has 0 unspecified atom stereocenters. The summed E-state index contributed by atoms with van der Waals surface area (Å²) >= 11 is 17.9. The standard InChI is InChI=1S/C17H12Cl3NO3/c18-12-7-11(17(20)14(19)8-12)3-6-15(22)10-1-4-13(5-2-10)24-9-16(21)23/h1-8H,9H2,(H2,21,23)/b6-3+. The Morgan fingerprint density at radius 1 is 1.08 bits per heavy atom. The maximum absolute atomic E-state index is 12.2. The van der Waals surface area contributed by atoms with Crippen molar-refractivity contribution in [3.8, 4) is 5.75 Å². The summed E-state index contributed by atoms with van der Waals surface area (Å²) in [6, 6.07) is 9.45. The van der Waals surface area contributed by atoms with Crippen LogP contribution in [-0.4, -0.2) is 18.3 Å². The number of carbonyl (C=O) groups excluding carboxylic acids is 2. The molecule has 0 atom stereocenters. The smallest absolute Gasteiger partial charge is 0.255 e. The van der Waals surface area contributed by atoms with Crippen molar-refractivity contribution in [3.63, 3.8) is 0 Å². The van der Waals surface area contributed by atoms with E-state index in [0.29, 0.717) is 31.9 Å². The molecule has 0 bridgehead atoms. The van der Waals surface area contributed by atoms with Crippen LogP contribution in [0.5, 0.6) is 5.75 Å². The Labute approximate surface area is 153 Å². The molecule has 7 heteroatoms. The Hall–Kier alpha value is -2.01. The lowest BCUT2D eigenvalue weighted by Crippen LogP contribution is -2.19. The van der Waals surface area contributed by atoms with Gasteiger partial charge in [0.15, 0.2) is 12.4 Å². The molecule has 2 rings (SSSR count). The third-order valence-electron chi connectivity index (χ3n) is 2.96. The van der Waals surface area contributed by atoms with Crippen LogP contribution >= 0.6 is 34.8 Å². The number of rotatable bonds is 6. The molecular formula is C17H12Cl3NO3. The maximum atomic E-state index is 12.2. The molecule has 1 amide bonds. The summed E-state index contributed by atoms with van der Waals surface area (Å²) in [6.45, 7) is -0.221. The quantitative estimate of drug-likeness (QED) is 0.456. The molecule has 0 heterocycles. The number of amides is 1. The van der Waals surface area contributed by atoms with Gasteiger partial charge < -0.3 is 10.5 Å². The van der Waals surface area contributed by atoms with Gasteiger partial charge in [-0.25, -0.2) is 0 Å². The third-order valence-corrected chi connectivity index (χ3v) is 3.99. The van der Waals surface area contributed by atoms with Crippen LogP contribution in [0.4, 0.5) is 0 Å². The molecule has 4 nitrogen and oxygen atoms in total. The minimum atomic E-state index is -0.574. The minimum absolute atomic E-state index is 0.221. The van der Waals surface area contributed by atoms with Crippen LogP contribution in [0.1, 0.15) is 15.9 Å². The highest BCUT2D eigenvalue weighted by atomic mass is 35.5. The fourth-order valence-electron chi connectivity index (χ4n) is 1.83. The highest BCUT2D eigenvalue weighted by Crippen LogP contribution is 2.30. The number of primary amides is 1. The van der Waals surface area contributed by atoms with Crippen molar-refractivity contribution in [2.75, 3.05) is 6.61 Å². The number of ketones is 1. The molecule has 0 aliphatic carbocycles. The van der Waals surface area contributed by atoms with E-state index in [-0.39, 0.29) is 12.4 Å². The zero-order chi connectivity index (χ0) is 17.7. The van der Waals surface area contributed by atoms with Crippen LogP contribution in [0.15, 0.2) is 42.5 Å². The first kappa shape index (κ1) is 18.3. The van der Waals surface area contributed by atoms with E-state index in [2.05, 4.69) is 0 Å². The molecule has 124 valence electrons. The summed E-state index contributed by atoms with van der Waals surface area (Å²) in [5, 5.41) is 1.06. The van der Waals surface area contributed by atoms with Crippen molar-refractivity contribution < 1.29 is 14.3 Å². The van der Waals surface area contributed by atoms with E-state index in [4.69, 9.17) is 45.3 Å². The van der Waals surface area contributed by atoms with Gasteiger partial charge in [0.05, 0.1) is 10.0 Å². The highest BCUT2D eigenvalue weighted by Gasteiger charge is 2.07. The van der Waals surface area contributed by atoms with Crippen molar-refractivity contribution in [3.05, 3.63) is 68.7 Å². The fourth-order valence-corrected chi connectivity index (χ4v) is 2.51. The van der Waals surface area contributed by atoms with Gasteiger partial charge >= 0.3 is 0 Å². The number of halogens is 3. The van der Waals surface area contributed by atoms with Gasteiger partial charge in [0.2, 0.25) is 0 Å². The molecule has 2 aromatic carbocycles. The normalized spacial score (nSPS) is 10.8. The number of hydrogen-bond acceptors (Lipinski definition) is 3. The molecular weight excluding hydrogens is 373 g/mol. The van der Waals surface area contributed by atoms with Crippen LogP contribution in [0.2, 0.25) is 15.1 Å². The lowest BCUT2D eigenvalue weighted by Gasteiger charge is -2.04. The van der Waals surface area contributed by atoms with Crippen molar-refractivity contribution in [2.24, 2.45) is 5.73 Å². The average Bonchev–Trinajstić information content (AvgIpc) is 2.55. The molecule has 0 aliphatic heterocycles. The van der Waals surface area contributed by atoms with Gasteiger partial charge in [0.1, 0.15) is 5.75 Å². The van der Waals surface area contributed by atoms with Crippen LogP contribution in [-0.2, 0) is 4.79 Å². The predicted octanol–water partition coefficient (Wildman–Crippen LogP) is 4.41. The largest absolute Gasteiger partial charge is 0.484 e. The summed E-state index contributed by atoms with van der Waals surface area (Å²) in [4.78, 5) is 22.8. The lowest BCUT2D eigenvalue weighted by atomic mass is 10.1. The van der Waals surface area contributed by atoms with Crippen LogP contribution < -0.4 is 10.5 Å². The first-order valence-corrected chi connectivity index (χ1v) is 7.88. The first-order chi connectivity index (χ1) is 11.4. The summed E-state index contributed by atoms with van der Waals surface area (Å²) in [5.41, 5.74) is 5.98. The summed E-state index contributed by atoms with van der Waals surface area (Å²) in [5.74, 6) is -0.363. The van der Waals surface area contributed by atoms with Gasteiger partial charge in [-0.3, -0.25) is 9.59 Å². The van der Waals surface area contributed by atoms with E-state index in [1.165, 1.54) is 12.1 Å². The number of nitrogens with two attached hydrogens (primary N) is 1. The van der Waals surface area contributed by atoms with Gasteiger partial charge in [-0.05, 0) is 54.1 Å². The van der Waals surface area contributed by atoms with Gasteiger partial charge in [0.25, 0.3) is 5.91 Å². The SMILES string of the molecule is NC(=O)COc1ccc(C(=O)/C=C/c2cc(Cl)cc(Cl)c2Cl)cc1. The fraction of sp³-hybridized carbons (Fsp3) is 0.0588. The molecule has 0 radical (unpaired) electrons. The molecule has 0 saturated heterocycles. The second-order valence-corrected chi connectivity index (χ2v) is 5.99. The van der Waals surface area contributed by atoms with Crippen LogP contribution in [0, 0.1) is 0 Å². The van der Waals surface area contributed by atoms with Crippen LogP contribution in [0.3, 0.4) is 0 Å². The van der Waals surface area contributed by atoms with E-state index in [9.17, 15) is 9.59 Å². The van der Waals surface area contributed by atoms with Crippen molar-refractivity contribution in [1.29, 1.82) is 0 Å². The van der Waals surface area contributed by atoms with Gasteiger partial charge in [0, 0.05) is 10.6 Å². The van der Waals surface area contributed by atoms with Crippen molar-refractivity contribution >= 4 is 52.6 Å². The van der Waals surface area contributed by atoms with E-state index < -0.39 is 5.91 Å². The Kier molecular flexibility index (Phi) is 6.26. The Balaban J connectivity index is 2.11. The topological polar surface area (TPSA) is 69.4 Å². The summed E-state index contributed by atoms with van der Waals surface area (Å²) in [6.07, 6.45) is 2.91. The van der Waals surface area contributed by atoms with E-state index in [1.54, 1.807) is 36.4 Å².